The number of benzene rings is 1. The van der Waals surface area contributed by atoms with Crippen molar-refractivity contribution in [3.8, 4) is 17.6 Å². The van der Waals surface area contributed by atoms with Crippen LogP contribution in [0.4, 0.5) is 0 Å². The van der Waals surface area contributed by atoms with Crippen molar-refractivity contribution < 1.29 is 22.9 Å². The average Bonchev–Trinajstić information content (AvgIpc) is 3.29. The van der Waals surface area contributed by atoms with Crippen LogP contribution in [-0.4, -0.2) is 33.3 Å². The zero-order chi connectivity index (χ0) is 26.4. The first kappa shape index (κ1) is 25.7. The Balaban J connectivity index is 1.56. The number of azide groups is 1. The van der Waals surface area contributed by atoms with E-state index in [0.29, 0.717) is 5.56 Å². The number of phosphoric acid groups is 1. The second-order valence-electron chi connectivity index (χ2n) is 7.87. The first-order valence-electron chi connectivity index (χ1n) is 10.9. The molecular weight excluding hydrogens is 505 g/mol. The number of ether oxygens (including phenoxy) is 1. The van der Waals surface area contributed by atoms with Crippen molar-refractivity contribution in [3.05, 3.63) is 97.4 Å². The van der Waals surface area contributed by atoms with Gasteiger partial charge in [0.1, 0.15) is 12.0 Å². The predicted molar refractivity (Wildman–Crippen MR) is 128 cm³/mol. The summed E-state index contributed by atoms with van der Waals surface area (Å²) in [6.07, 6.45) is 2.42. The number of H-pyrrole nitrogens is 1. The van der Waals surface area contributed by atoms with E-state index >= 15 is 0 Å². The van der Waals surface area contributed by atoms with Gasteiger partial charge in [0.25, 0.3) is 5.56 Å². The number of nitrogens with one attached hydrogen (secondary N) is 1. The van der Waals surface area contributed by atoms with Gasteiger partial charge in [-0.2, -0.15) is 5.26 Å². The van der Waals surface area contributed by atoms with E-state index in [2.05, 4.69) is 20.0 Å². The van der Waals surface area contributed by atoms with Crippen LogP contribution < -0.4 is 20.3 Å². The van der Waals surface area contributed by atoms with Crippen LogP contribution in [0.2, 0.25) is 0 Å². The van der Waals surface area contributed by atoms with Crippen LogP contribution >= 0.6 is 7.82 Å². The van der Waals surface area contributed by atoms with Crippen molar-refractivity contribution >= 4 is 7.82 Å². The molecule has 4 rings (SSSR count). The molecule has 0 amide bonds. The predicted octanol–water partition coefficient (Wildman–Crippen LogP) is 3.36. The molecule has 1 aliphatic heterocycles. The second kappa shape index (κ2) is 11.1. The maximum absolute atomic E-state index is 13.6. The Morgan fingerprint density at radius 3 is 2.73 bits per heavy atom. The fraction of sp³-hybridized carbons (Fsp3) is 0.273. The number of aryl methyl sites for hydroxylation is 1. The lowest BCUT2D eigenvalue weighted by molar-refractivity contribution is -0.0260. The smallest absolute Gasteiger partial charge is 0.395 e. The van der Waals surface area contributed by atoms with Crippen LogP contribution in [0.25, 0.3) is 10.4 Å². The standard InChI is InChI=1S/C22H20N7O7P/c1-14-12-29(22(31)26-21(14)30)20-9-18(27-28-24)19(34-20)13-33-37(32,36-17-3-2-8-25-11-17)35-16-6-4-15(10-23)5-7-16/h2-8,11-12,18-20H,9,13H2,1H3,(H,26,30,31)/t18-,19+,20+,37?/m0/s1. The molecule has 37 heavy (non-hydrogen) atoms. The van der Waals surface area contributed by atoms with Gasteiger partial charge in [0, 0.05) is 29.3 Å². The van der Waals surface area contributed by atoms with E-state index in [1.165, 1.54) is 60.4 Å². The minimum Gasteiger partial charge on any atom is -0.395 e. The summed E-state index contributed by atoms with van der Waals surface area (Å²) in [5, 5.41) is 12.7. The molecule has 15 heteroatoms. The molecule has 0 aliphatic carbocycles. The SMILES string of the molecule is Cc1cn([C@H]2C[C@H](N=[N+]=[N-])[C@@H](COP(=O)(Oc3ccc(C#N)cc3)Oc3cccnc3)O2)c(=O)[nH]c1=O. The van der Waals surface area contributed by atoms with E-state index in [4.69, 9.17) is 29.1 Å². The highest BCUT2D eigenvalue weighted by Gasteiger charge is 2.40. The number of nitriles is 1. The largest absolute Gasteiger partial charge is 0.587 e. The molecule has 3 heterocycles. The lowest BCUT2D eigenvalue weighted by Gasteiger charge is -2.22. The molecule has 0 spiro atoms. The van der Waals surface area contributed by atoms with E-state index in [9.17, 15) is 14.2 Å². The van der Waals surface area contributed by atoms with Crippen molar-refractivity contribution in [1.29, 1.82) is 5.26 Å². The van der Waals surface area contributed by atoms with Gasteiger partial charge in [-0.3, -0.25) is 23.9 Å². The highest BCUT2D eigenvalue weighted by Crippen LogP contribution is 2.50. The van der Waals surface area contributed by atoms with Gasteiger partial charge in [-0.25, -0.2) is 9.36 Å². The van der Waals surface area contributed by atoms with Gasteiger partial charge < -0.3 is 13.8 Å². The third kappa shape index (κ3) is 6.24. The van der Waals surface area contributed by atoms with Crippen molar-refractivity contribution in [2.24, 2.45) is 5.11 Å². The number of aromatic amines is 1. The highest BCUT2D eigenvalue weighted by molar-refractivity contribution is 7.49. The maximum atomic E-state index is 13.6. The minimum absolute atomic E-state index is 0.0910. The van der Waals surface area contributed by atoms with Crippen molar-refractivity contribution in [1.82, 2.24) is 14.5 Å². The Kier molecular flexibility index (Phi) is 7.71. The number of rotatable bonds is 9. The zero-order valence-corrected chi connectivity index (χ0v) is 20.2. The average molecular weight is 525 g/mol. The van der Waals surface area contributed by atoms with Crippen molar-refractivity contribution in [2.45, 2.75) is 31.7 Å². The van der Waals surface area contributed by atoms with E-state index in [-0.39, 0.29) is 23.5 Å². The summed E-state index contributed by atoms with van der Waals surface area (Å²) in [5.74, 6) is 0.213. The molecule has 3 aromatic rings. The summed E-state index contributed by atoms with van der Waals surface area (Å²) in [4.78, 5) is 32.9. The summed E-state index contributed by atoms with van der Waals surface area (Å²) >= 11 is 0. The Hall–Kier alpha value is -4.40. The molecule has 2 aromatic heterocycles. The Labute approximate surface area is 209 Å². The van der Waals surface area contributed by atoms with Crippen LogP contribution in [0.1, 0.15) is 23.8 Å². The molecule has 1 unspecified atom stereocenters. The molecule has 1 aliphatic rings. The lowest BCUT2D eigenvalue weighted by atomic mass is 10.1. The zero-order valence-electron chi connectivity index (χ0n) is 19.3. The molecular formula is C22H20N7O7P. The van der Waals surface area contributed by atoms with Crippen LogP contribution in [0.15, 0.2) is 69.7 Å². The summed E-state index contributed by atoms with van der Waals surface area (Å²) in [7, 11) is -4.35. The van der Waals surface area contributed by atoms with Gasteiger partial charge in [-0.05, 0) is 48.9 Å². The number of aromatic nitrogens is 3. The first-order valence-corrected chi connectivity index (χ1v) is 12.3. The molecule has 1 aromatic carbocycles. The van der Waals surface area contributed by atoms with E-state index in [1.807, 2.05) is 6.07 Å². The fourth-order valence-corrected chi connectivity index (χ4v) is 4.73. The fourth-order valence-electron chi connectivity index (χ4n) is 3.51. The molecule has 1 saturated heterocycles. The summed E-state index contributed by atoms with van der Waals surface area (Å²) in [5.41, 5.74) is 8.44. The normalized spacial score (nSPS) is 20.3. The van der Waals surface area contributed by atoms with Gasteiger partial charge in [-0.1, -0.05) is 5.11 Å². The third-order valence-corrected chi connectivity index (χ3v) is 6.64. The van der Waals surface area contributed by atoms with E-state index in [1.54, 1.807) is 6.07 Å². The molecule has 4 atom stereocenters. The van der Waals surface area contributed by atoms with Gasteiger partial charge in [0.05, 0.1) is 36.6 Å². The van der Waals surface area contributed by atoms with Gasteiger partial charge >= 0.3 is 13.5 Å². The molecule has 0 saturated carbocycles. The van der Waals surface area contributed by atoms with Crippen molar-refractivity contribution in [2.75, 3.05) is 6.61 Å². The molecule has 1 fully saturated rings. The van der Waals surface area contributed by atoms with E-state index < -0.39 is 44.1 Å². The Morgan fingerprint density at radius 1 is 1.30 bits per heavy atom. The van der Waals surface area contributed by atoms with Gasteiger partial charge in [-0.15, -0.1) is 0 Å². The number of hydrogen-bond donors (Lipinski definition) is 1. The van der Waals surface area contributed by atoms with Gasteiger partial charge in [0.2, 0.25) is 0 Å². The van der Waals surface area contributed by atoms with Crippen LogP contribution in [0, 0.1) is 18.3 Å². The van der Waals surface area contributed by atoms with E-state index in [0.717, 1.165) is 0 Å². The van der Waals surface area contributed by atoms with Crippen molar-refractivity contribution in [3.63, 3.8) is 0 Å². The molecule has 0 bridgehead atoms. The Bertz CT molecular complexity index is 1510. The van der Waals surface area contributed by atoms with Crippen LogP contribution in [0.3, 0.4) is 0 Å². The molecule has 0 radical (unpaired) electrons. The third-order valence-electron chi connectivity index (χ3n) is 5.31. The first-order chi connectivity index (χ1) is 17.8. The lowest BCUT2D eigenvalue weighted by Crippen LogP contribution is -2.33. The topological polar surface area (TPSA) is 194 Å². The summed E-state index contributed by atoms with van der Waals surface area (Å²) in [6.45, 7) is 1.13. The molecule has 1 N–H and O–H groups in total. The quantitative estimate of drug-likeness (QED) is 0.189. The number of pyridine rings is 1. The molecule has 190 valence electrons. The maximum Gasteiger partial charge on any atom is 0.587 e. The number of nitrogens with zero attached hydrogens (tertiary/aromatic N) is 6. The Morgan fingerprint density at radius 2 is 2.05 bits per heavy atom. The molecule has 14 nitrogen and oxygen atoms in total. The number of hydrogen-bond acceptors (Lipinski definition) is 10. The summed E-state index contributed by atoms with van der Waals surface area (Å²) < 4.78 is 37.3. The summed E-state index contributed by atoms with van der Waals surface area (Å²) in [6, 6.07) is 10.0. The minimum atomic E-state index is -4.35. The monoisotopic (exact) mass is 525 g/mol. The van der Waals surface area contributed by atoms with Gasteiger partial charge in [0.15, 0.2) is 5.75 Å². The number of phosphoric ester groups is 1. The van der Waals surface area contributed by atoms with Crippen LogP contribution in [-0.2, 0) is 13.8 Å². The van der Waals surface area contributed by atoms with Crippen LogP contribution in [0.5, 0.6) is 11.5 Å². The highest BCUT2D eigenvalue weighted by atomic mass is 31.2. The second-order valence-corrected chi connectivity index (χ2v) is 9.38.